The first-order valence-electron chi connectivity index (χ1n) is 8.36. The van der Waals surface area contributed by atoms with E-state index in [1.165, 1.54) is 12.0 Å². The molecule has 0 radical (unpaired) electrons. The van der Waals surface area contributed by atoms with E-state index in [9.17, 15) is 4.79 Å². The van der Waals surface area contributed by atoms with Gasteiger partial charge in [-0.05, 0) is 62.6 Å². The summed E-state index contributed by atoms with van der Waals surface area (Å²) >= 11 is 0. The van der Waals surface area contributed by atoms with Gasteiger partial charge < -0.3 is 14.1 Å². The Morgan fingerprint density at radius 3 is 2.38 bits per heavy atom. The van der Waals surface area contributed by atoms with Crippen molar-refractivity contribution < 1.29 is 13.9 Å². The number of ether oxygens (including phenoxy) is 1. The van der Waals surface area contributed by atoms with Crippen molar-refractivity contribution >= 4 is 17.5 Å². The van der Waals surface area contributed by atoms with Crippen molar-refractivity contribution in [2.75, 3.05) is 14.2 Å². The molecule has 138 valence electrons. The molecule has 0 aliphatic carbocycles. The Kier molecular flexibility index (Phi) is 6.33. The molecule has 0 atom stereocenters. The Bertz CT molecular complexity index is 850. The largest absolute Gasteiger partial charge is 0.460 e. The number of benzene rings is 1. The lowest BCUT2D eigenvalue weighted by Crippen LogP contribution is -2.26. The number of carbonyl (C=O) groups is 1. The zero-order chi connectivity index (χ0) is 19.3. The molecular formula is C20H25N3O3. The third kappa shape index (κ3) is 4.81. The molecule has 2 aromatic rings. The lowest BCUT2D eigenvalue weighted by molar-refractivity contribution is 0.131. The van der Waals surface area contributed by atoms with Crippen molar-refractivity contribution in [2.45, 2.75) is 34.2 Å². The maximum absolute atomic E-state index is 11.5. The maximum atomic E-state index is 11.5. The molecule has 1 aromatic carbocycles. The molecule has 1 amide bonds. The quantitative estimate of drug-likeness (QED) is 0.592. The average Bonchev–Trinajstić information content (AvgIpc) is 3.06. The van der Waals surface area contributed by atoms with E-state index in [-0.39, 0.29) is 6.09 Å². The molecular weight excluding hydrogens is 330 g/mol. The standard InChI is InChI=1S/C20H25N3O3/c1-13-11-17(8-9-18(13)12-23(5)20(24)25-6)15(3)21-22-16(4)19-10-7-14(2)26-19/h7-11H,12H2,1-6H3. The number of nitrogens with zero attached hydrogens (tertiary/aromatic N) is 3. The number of furan rings is 1. The highest BCUT2D eigenvalue weighted by Gasteiger charge is 2.11. The van der Waals surface area contributed by atoms with Gasteiger partial charge in [-0.2, -0.15) is 10.2 Å². The number of carbonyl (C=O) groups excluding carboxylic acids is 1. The third-order valence-electron chi connectivity index (χ3n) is 4.10. The summed E-state index contributed by atoms with van der Waals surface area (Å²) < 4.78 is 10.3. The van der Waals surface area contributed by atoms with Crippen LogP contribution >= 0.6 is 0 Å². The van der Waals surface area contributed by atoms with Crippen LogP contribution in [-0.4, -0.2) is 36.6 Å². The lowest BCUT2D eigenvalue weighted by Gasteiger charge is -2.17. The van der Waals surface area contributed by atoms with Crippen LogP contribution in [0.3, 0.4) is 0 Å². The van der Waals surface area contributed by atoms with Crippen LogP contribution in [-0.2, 0) is 11.3 Å². The summed E-state index contributed by atoms with van der Waals surface area (Å²) in [6, 6.07) is 9.80. The van der Waals surface area contributed by atoms with Crippen molar-refractivity contribution in [3.8, 4) is 0 Å². The molecule has 1 aromatic heterocycles. The number of rotatable bonds is 5. The zero-order valence-corrected chi connectivity index (χ0v) is 16.2. The first-order valence-corrected chi connectivity index (χ1v) is 8.36. The summed E-state index contributed by atoms with van der Waals surface area (Å²) in [7, 11) is 3.08. The van der Waals surface area contributed by atoms with Crippen LogP contribution in [0.1, 0.15) is 42.1 Å². The Morgan fingerprint density at radius 1 is 1.12 bits per heavy atom. The van der Waals surface area contributed by atoms with Crippen molar-refractivity contribution in [2.24, 2.45) is 10.2 Å². The van der Waals surface area contributed by atoms with Gasteiger partial charge in [0.1, 0.15) is 17.2 Å². The molecule has 0 saturated heterocycles. The Labute approximate surface area is 154 Å². The van der Waals surface area contributed by atoms with Crippen molar-refractivity contribution in [3.05, 3.63) is 58.5 Å². The van der Waals surface area contributed by atoms with Gasteiger partial charge >= 0.3 is 6.09 Å². The van der Waals surface area contributed by atoms with Gasteiger partial charge in [0.25, 0.3) is 0 Å². The Balaban J connectivity index is 2.15. The van der Waals surface area contributed by atoms with Crippen LogP contribution in [0.25, 0.3) is 0 Å². The van der Waals surface area contributed by atoms with E-state index in [1.54, 1.807) is 7.05 Å². The molecule has 0 spiro atoms. The first-order chi connectivity index (χ1) is 12.3. The number of methoxy groups -OCH3 is 1. The molecule has 0 aliphatic rings. The molecule has 0 aliphatic heterocycles. The van der Waals surface area contributed by atoms with E-state index in [0.29, 0.717) is 6.54 Å². The second kappa shape index (κ2) is 8.47. The SMILES string of the molecule is COC(=O)N(C)Cc1ccc(C(C)=NN=C(C)c2ccc(C)o2)cc1C. The van der Waals surface area contributed by atoms with Gasteiger partial charge in [0.15, 0.2) is 0 Å². The summed E-state index contributed by atoms with van der Waals surface area (Å²) in [6.45, 7) is 8.18. The lowest BCUT2D eigenvalue weighted by atomic mass is 10.0. The van der Waals surface area contributed by atoms with E-state index in [4.69, 9.17) is 9.15 Å². The minimum absolute atomic E-state index is 0.357. The number of hydrogen-bond donors (Lipinski definition) is 0. The Morgan fingerprint density at radius 2 is 1.81 bits per heavy atom. The van der Waals surface area contributed by atoms with E-state index in [0.717, 1.165) is 39.6 Å². The second-order valence-corrected chi connectivity index (χ2v) is 6.25. The van der Waals surface area contributed by atoms with E-state index in [1.807, 2.05) is 58.0 Å². The molecule has 0 fully saturated rings. The number of aryl methyl sites for hydroxylation is 2. The average molecular weight is 355 g/mol. The Hall–Kier alpha value is -2.89. The van der Waals surface area contributed by atoms with Crippen molar-refractivity contribution in [1.82, 2.24) is 4.90 Å². The van der Waals surface area contributed by atoms with Crippen LogP contribution in [0, 0.1) is 13.8 Å². The molecule has 26 heavy (non-hydrogen) atoms. The summed E-state index contributed by atoms with van der Waals surface area (Å²) in [4.78, 5) is 13.1. The maximum Gasteiger partial charge on any atom is 0.409 e. The van der Waals surface area contributed by atoms with Gasteiger partial charge in [-0.3, -0.25) is 0 Å². The molecule has 0 saturated carbocycles. The second-order valence-electron chi connectivity index (χ2n) is 6.25. The summed E-state index contributed by atoms with van der Waals surface area (Å²) in [5.74, 6) is 1.56. The topological polar surface area (TPSA) is 67.4 Å². The van der Waals surface area contributed by atoms with Crippen LogP contribution in [0.5, 0.6) is 0 Å². The summed E-state index contributed by atoms with van der Waals surface area (Å²) in [5, 5.41) is 8.57. The van der Waals surface area contributed by atoms with E-state index < -0.39 is 0 Å². The molecule has 6 heteroatoms. The van der Waals surface area contributed by atoms with E-state index >= 15 is 0 Å². The molecule has 6 nitrogen and oxygen atoms in total. The minimum atomic E-state index is -0.357. The highest BCUT2D eigenvalue weighted by molar-refractivity contribution is 6.00. The molecule has 0 bridgehead atoms. The minimum Gasteiger partial charge on any atom is -0.460 e. The predicted octanol–water partition coefficient (Wildman–Crippen LogP) is 4.33. The third-order valence-corrected chi connectivity index (χ3v) is 4.10. The van der Waals surface area contributed by atoms with Crippen LogP contribution in [0.15, 0.2) is 45.0 Å². The molecule has 0 unspecified atom stereocenters. The molecule has 0 N–H and O–H groups in total. The normalized spacial score (nSPS) is 12.2. The van der Waals surface area contributed by atoms with Crippen LogP contribution in [0.4, 0.5) is 4.79 Å². The fourth-order valence-corrected chi connectivity index (χ4v) is 2.46. The molecule has 1 heterocycles. The van der Waals surface area contributed by atoms with Crippen LogP contribution in [0.2, 0.25) is 0 Å². The fourth-order valence-electron chi connectivity index (χ4n) is 2.46. The van der Waals surface area contributed by atoms with Crippen molar-refractivity contribution in [3.63, 3.8) is 0 Å². The first kappa shape index (κ1) is 19.4. The van der Waals surface area contributed by atoms with Crippen LogP contribution < -0.4 is 0 Å². The summed E-state index contributed by atoms with van der Waals surface area (Å²) in [6.07, 6.45) is -0.357. The highest BCUT2D eigenvalue weighted by Crippen LogP contribution is 2.15. The highest BCUT2D eigenvalue weighted by atomic mass is 16.5. The summed E-state index contributed by atoms with van der Waals surface area (Å²) in [5.41, 5.74) is 4.66. The van der Waals surface area contributed by atoms with E-state index in [2.05, 4.69) is 10.2 Å². The number of hydrogen-bond acceptors (Lipinski definition) is 5. The fraction of sp³-hybridized carbons (Fsp3) is 0.350. The van der Waals surface area contributed by atoms with Gasteiger partial charge in [-0.25, -0.2) is 4.79 Å². The van der Waals surface area contributed by atoms with Gasteiger partial charge in [-0.15, -0.1) is 0 Å². The van der Waals surface area contributed by atoms with Gasteiger partial charge in [0.05, 0.1) is 12.8 Å². The van der Waals surface area contributed by atoms with Gasteiger partial charge in [0, 0.05) is 13.6 Å². The predicted molar refractivity (Wildman–Crippen MR) is 103 cm³/mol. The van der Waals surface area contributed by atoms with Gasteiger partial charge in [-0.1, -0.05) is 12.1 Å². The molecule has 2 rings (SSSR count). The van der Waals surface area contributed by atoms with Crippen molar-refractivity contribution in [1.29, 1.82) is 0 Å². The zero-order valence-electron chi connectivity index (χ0n) is 16.2. The monoisotopic (exact) mass is 355 g/mol. The number of amides is 1. The van der Waals surface area contributed by atoms with Gasteiger partial charge in [0.2, 0.25) is 0 Å². The smallest absolute Gasteiger partial charge is 0.409 e.